The fourth-order valence-electron chi connectivity index (χ4n) is 1.61. The molecule has 0 aromatic heterocycles. The zero-order valence-electron chi connectivity index (χ0n) is 11.8. The van der Waals surface area contributed by atoms with E-state index in [1.54, 1.807) is 6.92 Å². The minimum atomic E-state index is -0.459. The first-order valence-corrected chi connectivity index (χ1v) is 6.32. The number of hydrogen-bond acceptors (Lipinski definition) is 3. The Morgan fingerprint density at radius 3 is 2.63 bits per heavy atom. The molecule has 0 aliphatic heterocycles. The van der Waals surface area contributed by atoms with E-state index in [2.05, 4.69) is 36.3 Å². The normalized spacial score (nSPS) is 11.8. The second-order valence-electron chi connectivity index (χ2n) is 4.66. The van der Waals surface area contributed by atoms with Crippen molar-refractivity contribution in [2.24, 2.45) is 5.73 Å². The molecule has 0 aliphatic carbocycles. The van der Waals surface area contributed by atoms with Crippen molar-refractivity contribution < 1.29 is 4.79 Å². The molecule has 108 valence electrons. The molecule has 1 aromatic carbocycles. The molecule has 0 fully saturated rings. The minimum absolute atomic E-state index is 0. The quantitative estimate of drug-likeness (QED) is 0.833. The van der Waals surface area contributed by atoms with Gasteiger partial charge < -0.3 is 16.0 Å². The van der Waals surface area contributed by atoms with Gasteiger partial charge in [-0.2, -0.15) is 0 Å². The van der Waals surface area contributed by atoms with E-state index in [0.717, 1.165) is 18.7 Å². The predicted octanol–water partition coefficient (Wildman–Crippen LogP) is 1.52. The van der Waals surface area contributed by atoms with Crippen molar-refractivity contribution in [3.63, 3.8) is 0 Å². The van der Waals surface area contributed by atoms with Gasteiger partial charge in [0.25, 0.3) is 0 Å². The summed E-state index contributed by atoms with van der Waals surface area (Å²) in [5, 5.41) is 2.82. The first-order valence-electron chi connectivity index (χ1n) is 6.32. The van der Waals surface area contributed by atoms with Crippen LogP contribution in [-0.2, 0) is 17.9 Å². The van der Waals surface area contributed by atoms with Gasteiger partial charge >= 0.3 is 0 Å². The summed E-state index contributed by atoms with van der Waals surface area (Å²) in [7, 11) is 2.09. The number of nitrogens with one attached hydrogen (secondary N) is 1. The minimum Gasteiger partial charge on any atom is -0.351 e. The van der Waals surface area contributed by atoms with Crippen LogP contribution in [0.2, 0.25) is 0 Å². The van der Waals surface area contributed by atoms with Gasteiger partial charge in [0, 0.05) is 13.1 Å². The third kappa shape index (κ3) is 6.57. The summed E-state index contributed by atoms with van der Waals surface area (Å²) in [5.74, 6) is -0.119. The van der Waals surface area contributed by atoms with Gasteiger partial charge in [0.15, 0.2) is 0 Å². The summed E-state index contributed by atoms with van der Waals surface area (Å²) in [6.07, 6.45) is 0. The summed E-state index contributed by atoms with van der Waals surface area (Å²) < 4.78 is 0. The van der Waals surface area contributed by atoms with Crippen LogP contribution in [0.4, 0.5) is 0 Å². The highest BCUT2D eigenvalue weighted by Crippen LogP contribution is 2.07. The Morgan fingerprint density at radius 1 is 1.42 bits per heavy atom. The van der Waals surface area contributed by atoms with E-state index < -0.39 is 6.04 Å². The van der Waals surface area contributed by atoms with E-state index in [-0.39, 0.29) is 18.3 Å². The Balaban J connectivity index is 0.00000324. The van der Waals surface area contributed by atoms with Crippen LogP contribution < -0.4 is 11.1 Å². The molecule has 3 N–H and O–H groups in total. The number of nitrogens with two attached hydrogens (primary N) is 1. The van der Waals surface area contributed by atoms with Crippen LogP contribution in [0.5, 0.6) is 0 Å². The largest absolute Gasteiger partial charge is 0.351 e. The Bertz CT molecular complexity index is 396. The average Bonchev–Trinajstić information content (AvgIpc) is 2.36. The maximum Gasteiger partial charge on any atom is 0.236 e. The first kappa shape index (κ1) is 17.9. The van der Waals surface area contributed by atoms with E-state index in [9.17, 15) is 4.79 Å². The Kier molecular flexibility index (Phi) is 8.39. The van der Waals surface area contributed by atoms with Gasteiger partial charge in [-0.05, 0) is 31.6 Å². The Morgan fingerprint density at radius 2 is 2.05 bits per heavy atom. The van der Waals surface area contributed by atoms with E-state index in [1.807, 2.05) is 12.1 Å². The van der Waals surface area contributed by atoms with E-state index in [0.29, 0.717) is 6.54 Å². The fourth-order valence-corrected chi connectivity index (χ4v) is 1.61. The molecule has 0 spiro atoms. The molecule has 0 heterocycles. The van der Waals surface area contributed by atoms with Gasteiger partial charge in [0.05, 0.1) is 6.04 Å². The number of hydrogen-bond donors (Lipinski definition) is 2. The predicted molar refractivity (Wildman–Crippen MR) is 81.2 cm³/mol. The molecule has 0 bridgehead atoms. The van der Waals surface area contributed by atoms with E-state index in [4.69, 9.17) is 5.73 Å². The molecular weight excluding hydrogens is 262 g/mol. The van der Waals surface area contributed by atoms with Crippen LogP contribution in [-0.4, -0.2) is 30.4 Å². The van der Waals surface area contributed by atoms with Crippen molar-refractivity contribution >= 4 is 18.3 Å². The summed E-state index contributed by atoms with van der Waals surface area (Å²) in [4.78, 5) is 13.6. The lowest BCUT2D eigenvalue weighted by Crippen LogP contribution is -2.37. The molecule has 1 rings (SSSR count). The second-order valence-corrected chi connectivity index (χ2v) is 4.66. The fraction of sp³-hybridized carbons (Fsp3) is 0.500. The smallest absolute Gasteiger partial charge is 0.236 e. The second kappa shape index (κ2) is 8.91. The summed E-state index contributed by atoms with van der Waals surface area (Å²) in [5.41, 5.74) is 7.85. The molecular formula is C14H24ClN3O. The third-order valence-electron chi connectivity index (χ3n) is 2.86. The summed E-state index contributed by atoms with van der Waals surface area (Å²) in [6.45, 7) is 6.29. The molecule has 0 saturated carbocycles. The number of benzene rings is 1. The van der Waals surface area contributed by atoms with Crippen LogP contribution in [0.1, 0.15) is 25.0 Å². The van der Waals surface area contributed by atoms with Crippen molar-refractivity contribution in [3.8, 4) is 0 Å². The van der Waals surface area contributed by atoms with Crippen molar-refractivity contribution in [1.82, 2.24) is 10.2 Å². The molecule has 1 unspecified atom stereocenters. The SMILES string of the molecule is CCN(C)Cc1cccc(CNC(=O)C(C)N)c1.Cl. The van der Waals surface area contributed by atoms with Crippen LogP contribution in [0, 0.1) is 0 Å². The molecule has 1 aromatic rings. The van der Waals surface area contributed by atoms with Gasteiger partial charge in [-0.3, -0.25) is 4.79 Å². The topological polar surface area (TPSA) is 58.4 Å². The van der Waals surface area contributed by atoms with Crippen molar-refractivity contribution in [1.29, 1.82) is 0 Å². The van der Waals surface area contributed by atoms with Crippen LogP contribution >= 0.6 is 12.4 Å². The van der Waals surface area contributed by atoms with Crippen LogP contribution in [0.15, 0.2) is 24.3 Å². The standard InChI is InChI=1S/C14H23N3O.ClH/c1-4-17(3)10-13-7-5-6-12(8-13)9-16-14(18)11(2)15;/h5-8,11H,4,9-10,15H2,1-3H3,(H,16,18);1H. The lowest BCUT2D eigenvalue weighted by atomic mass is 10.1. The Hall–Kier alpha value is -1.10. The van der Waals surface area contributed by atoms with Crippen molar-refractivity contribution in [2.45, 2.75) is 33.0 Å². The molecule has 4 nitrogen and oxygen atoms in total. The maximum atomic E-state index is 11.4. The molecule has 5 heteroatoms. The Labute approximate surface area is 121 Å². The number of amides is 1. The van der Waals surface area contributed by atoms with Crippen LogP contribution in [0.25, 0.3) is 0 Å². The van der Waals surface area contributed by atoms with E-state index >= 15 is 0 Å². The first-order chi connectivity index (χ1) is 8.52. The number of carbonyl (C=O) groups excluding carboxylic acids is 1. The lowest BCUT2D eigenvalue weighted by molar-refractivity contribution is -0.122. The molecule has 1 atom stereocenters. The molecule has 0 aliphatic rings. The van der Waals surface area contributed by atoms with Gasteiger partial charge in [-0.1, -0.05) is 31.2 Å². The van der Waals surface area contributed by atoms with Gasteiger partial charge in [0.1, 0.15) is 0 Å². The van der Waals surface area contributed by atoms with Gasteiger partial charge in [-0.15, -0.1) is 12.4 Å². The van der Waals surface area contributed by atoms with Crippen molar-refractivity contribution in [3.05, 3.63) is 35.4 Å². The molecule has 1 amide bonds. The average molecular weight is 286 g/mol. The molecule has 0 saturated heterocycles. The number of nitrogens with zero attached hydrogens (tertiary/aromatic N) is 1. The monoisotopic (exact) mass is 285 g/mol. The third-order valence-corrected chi connectivity index (χ3v) is 2.86. The molecule has 0 radical (unpaired) electrons. The van der Waals surface area contributed by atoms with Crippen molar-refractivity contribution in [2.75, 3.05) is 13.6 Å². The van der Waals surface area contributed by atoms with Gasteiger partial charge in [0.2, 0.25) is 5.91 Å². The maximum absolute atomic E-state index is 11.4. The lowest BCUT2D eigenvalue weighted by Gasteiger charge is -2.14. The zero-order chi connectivity index (χ0) is 13.5. The zero-order valence-corrected chi connectivity index (χ0v) is 12.7. The highest BCUT2D eigenvalue weighted by molar-refractivity contribution is 5.85. The summed E-state index contributed by atoms with van der Waals surface area (Å²) >= 11 is 0. The summed E-state index contributed by atoms with van der Waals surface area (Å²) in [6, 6.07) is 7.79. The highest BCUT2D eigenvalue weighted by Gasteiger charge is 2.06. The number of halogens is 1. The highest BCUT2D eigenvalue weighted by atomic mass is 35.5. The molecule has 19 heavy (non-hydrogen) atoms. The van der Waals surface area contributed by atoms with Crippen LogP contribution in [0.3, 0.4) is 0 Å². The van der Waals surface area contributed by atoms with Gasteiger partial charge in [-0.25, -0.2) is 0 Å². The van der Waals surface area contributed by atoms with E-state index in [1.165, 1.54) is 5.56 Å². The number of rotatable bonds is 6. The number of carbonyl (C=O) groups is 1.